The van der Waals surface area contributed by atoms with Crippen molar-refractivity contribution in [1.29, 1.82) is 0 Å². The largest absolute Gasteiger partial charge is 0.369 e. The van der Waals surface area contributed by atoms with E-state index in [0.717, 1.165) is 4.88 Å². The summed E-state index contributed by atoms with van der Waals surface area (Å²) in [5.74, 6) is -0.321. The molecule has 2 nitrogen and oxygen atoms in total. The number of amides is 1. The molecule has 0 aliphatic heterocycles. The van der Waals surface area contributed by atoms with E-state index in [0.29, 0.717) is 4.34 Å². The minimum absolute atomic E-state index is 0.289. The van der Waals surface area contributed by atoms with E-state index in [4.69, 9.17) is 17.3 Å². The van der Waals surface area contributed by atoms with Gasteiger partial charge in [0.25, 0.3) is 0 Å². The van der Waals surface area contributed by atoms with E-state index in [-0.39, 0.29) is 12.3 Å². The molecule has 0 radical (unpaired) electrons. The minimum Gasteiger partial charge on any atom is -0.369 e. The van der Waals surface area contributed by atoms with Crippen molar-refractivity contribution in [2.24, 2.45) is 5.73 Å². The summed E-state index contributed by atoms with van der Waals surface area (Å²) in [6.45, 7) is 0. The zero-order valence-corrected chi connectivity index (χ0v) is 6.71. The molecular formula is C6H6ClNOS. The van der Waals surface area contributed by atoms with Crippen molar-refractivity contribution in [2.45, 2.75) is 6.42 Å². The summed E-state index contributed by atoms with van der Waals surface area (Å²) >= 11 is 6.99. The Hall–Kier alpha value is -0.540. The van der Waals surface area contributed by atoms with Gasteiger partial charge in [-0.25, -0.2) is 0 Å². The molecule has 1 amide bonds. The van der Waals surface area contributed by atoms with Crippen LogP contribution in [0.15, 0.2) is 12.1 Å². The molecular weight excluding hydrogens is 170 g/mol. The van der Waals surface area contributed by atoms with Crippen molar-refractivity contribution in [3.63, 3.8) is 0 Å². The van der Waals surface area contributed by atoms with Crippen LogP contribution in [-0.2, 0) is 11.2 Å². The Bertz CT molecular complexity index is 246. The number of hydrogen-bond acceptors (Lipinski definition) is 2. The van der Waals surface area contributed by atoms with Gasteiger partial charge in [0.15, 0.2) is 0 Å². The third kappa shape index (κ3) is 2.01. The van der Waals surface area contributed by atoms with Gasteiger partial charge in [0.05, 0.1) is 10.8 Å². The van der Waals surface area contributed by atoms with Gasteiger partial charge in [0, 0.05) is 4.88 Å². The summed E-state index contributed by atoms with van der Waals surface area (Å²) in [6, 6.07) is 3.56. The van der Waals surface area contributed by atoms with Crippen molar-refractivity contribution < 1.29 is 4.79 Å². The lowest BCUT2D eigenvalue weighted by molar-refractivity contribution is -0.117. The number of hydrogen-bond donors (Lipinski definition) is 1. The van der Waals surface area contributed by atoms with Crippen LogP contribution in [0, 0.1) is 0 Å². The Morgan fingerprint density at radius 2 is 2.40 bits per heavy atom. The minimum atomic E-state index is -0.321. The summed E-state index contributed by atoms with van der Waals surface area (Å²) in [4.78, 5) is 11.3. The molecule has 54 valence electrons. The average molecular weight is 176 g/mol. The molecule has 0 fully saturated rings. The van der Waals surface area contributed by atoms with E-state index in [1.807, 2.05) is 0 Å². The summed E-state index contributed by atoms with van der Waals surface area (Å²) in [5, 5.41) is 0. The zero-order chi connectivity index (χ0) is 7.56. The van der Waals surface area contributed by atoms with Crippen molar-refractivity contribution >= 4 is 28.8 Å². The second kappa shape index (κ2) is 3.03. The summed E-state index contributed by atoms with van der Waals surface area (Å²) in [7, 11) is 0. The van der Waals surface area contributed by atoms with Crippen LogP contribution in [0.1, 0.15) is 4.88 Å². The molecule has 0 bridgehead atoms. The topological polar surface area (TPSA) is 43.1 Å². The van der Waals surface area contributed by atoms with Crippen LogP contribution in [0.4, 0.5) is 0 Å². The molecule has 0 atom stereocenters. The molecule has 4 heteroatoms. The Labute approximate surface area is 67.6 Å². The molecule has 10 heavy (non-hydrogen) atoms. The molecule has 0 unspecified atom stereocenters. The fraction of sp³-hybridized carbons (Fsp3) is 0.167. The molecule has 2 N–H and O–H groups in total. The first-order valence-electron chi connectivity index (χ1n) is 2.71. The highest BCUT2D eigenvalue weighted by atomic mass is 35.5. The van der Waals surface area contributed by atoms with Crippen LogP contribution < -0.4 is 5.73 Å². The first kappa shape index (κ1) is 7.57. The molecule has 0 aromatic carbocycles. The van der Waals surface area contributed by atoms with E-state index in [1.165, 1.54) is 11.3 Å². The predicted molar refractivity (Wildman–Crippen MR) is 42.2 cm³/mol. The number of rotatable bonds is 2. The Morgan fingerprint density at radius 3 is 2.80 bits per heavy atom. The first-order valence-corrected chi connectivity index (χ1v) is 3.90. The number of carbonyl (C=O) groups is 1. The van der Waals surface area contributed by atoms with E-state index >= 15 is 0 Å². The molecule has 0 spiro atoms. The van der Waals surface area contributed by atoms with Crippen LogP contribution >= 0.6 is 22.9 Å². The van der Waals surface area contributed by atoms with Gasteiger partial charge in [-0.3, -0.25) is 4.79 Å². The molecule has 1 rings (SSSR count). The van der Waals surface area contributed by atoms with Crippen LogP contribution in [0.3, 0.4) is 0 Å². The quantitative estimate of drug-likeness (QED) is 0.726. The highest BCUT2D eigenvalue weighted by molar-refractivity contribution is 7.16. The van der Waals surface area contributed by atoms with Gasteiger partial charge >= 0.3 is 0 Å². The Kier molecular flexibility index (Phi) is 2.29. The number of carbonyl (C=O) groups excluding carboxylic acids is 1. The third-order valence-electron chi connectivity index (χ3n) is 0.977. The maximum absolute atomic E-state index is 10.4. The van der Waals surface area contributed by atoms with Crippen molar-refractivity contribution in [3.05, 3.63) is 21.3 Å². The molecule has 1 aromatic rings. The standard InChI is InChI=1S/C6H6ClNOS/c7-5-2-1-4(10-5)3-6(8)9/h1-2H,3H2,(H2,8,9). The molecule has 0 aliphatic rings. The smallest absolute Gasteiger partial charge is 0.222 e. The van der Waals surface area contributed by atoms with Gasteiger partial charge in [-0.2, -0.15) is 0 Å². The molecule has 1 aromatic heterocycles. The van der Waals surface area contributed by atoms with Gasteiger partial charge in [0.2, 0.25) is 5.91 Å². The molecule has 1 heterocycles. The second-order valence-corrected chi connectivity index (χ2v) is 3.65. The maximum Gasteiger partial charge on any atom is 0.222 e. The summed E-state index contributed by atoms with van der Waals surface area (Å²) in [5.41, 5.74) is 4.96. The number of primary amides is 1. The molecule has 0 aliphatic carbocycles. The van der Waals surface area contributed by atoms with Gasteiger partial charge in [0.1, 0.15) is 0 Å². The Balaban J connectivity index is 2.67. The monoisotopic (exact) mass is 175 g/mol. The number of thiophene rings is 1. The normalized spacial score (nSPS) is 9.70. The van der Waals surface area contributed by atoms with Crippen LogP contribution in [0.25, 0.3) is 0 Å². The average Bonchev–Trinajstić information content (AvgIpc) is 2.13. The first-order chi connectivity index (χ1) is 4.68. The zero-order valence-electron chi connectivity index (χ0n) is 5.13. The van der Waals surface area contributed by atoms with E-state index < -0.39 is 0 Å². The van der Waals surface area contributed by atoms with Crippen molar-refractivity contribution in [2.75, 3.05) is 0 Å². The molecule has 0 saturated carbocycles. The van der Waals surface area contributed by atoms with Crippen LogP contribution in [0.5, 0.6) is 0 Å². The van der Waals surface area contributed by atoms with Crippen LogP contribution in [0.2, 0.25) is 4.34 Å². The summed E-state index contributed by atoms with van der Waals surface area (Å²) < 4.78 is 0.691. The fourth-order valence-corrected chi connectivity index (χ4v) is 1.72. The Morgan fingerprint density at radius 1 is 1.70 bits per heavy atom. The fourth-order valence-electron chi connectivity index (χ4n) is 0.618. The highest BCUT2D eigenvalue weighted by Crippen LogP contribution is 2.21. The molecule has 0 saturated heterocycles. The van der Waals surface area contributed by atoms with E-state index in [2.05, 4.69) is 0 Å². The second-order valence-electron chi connectivity index (χ2n) is 1.85. The van der Waals surface area contributed by atoms with E-state index in [9.17, 15) is 4.79 Å². The van der Waals surface area contributed by atoms with Crippen molar-refractivity contribution in [1.82, 2.24) is 0 Å². The lowest BCUT2D eigenvalue weighted by Gasteiger charge is -1.86. The predicted octanol–water partition coefficient (Wildman–Crippen LogP) is 1.43. The van der Waals surface area contributed by atoms with Crippen molar-refractivity contribution in [3.8, 4) is 0 Å². The number of nitrogens with two attached hydrogens (primary N) is 1. The van der Waals surface area contributed by atoms with Gasteiger partial charge < -0.3 is 5.73 Å². The van der Waals surface area contributed by atoms with Crippen LogP contribution in [-0.4, -0.2) is 5.91 Å². The SMILES string of the molecule is NC(=O)Cc1ccc(Cl)s1. The maximum atomic E-state index is 10.4. The van der Waals surface area contributed by atoms with E-state index in [1.54, 1.807) is 12.1 Å². The summed E-state index contributed by atoms with van der Waals surface area (Å²) in [6.07, 6.45) is 0.289. The van der Waals surface area contributed by atoms with Gasteiger partial charge in [-0.05, 0) is 12.1 Å². The third-order valence-corrected chi connectivity index (χ3v) is 2.21. The van der Waals surface area contributed by atoms with Gasteiger partial charge in [-0.1, -0.05) is 11.6 Å². The lowest BCUT2D eigenvalue weighted by atomic mass is 10.3. The lowest BCUT2D eigenvalue weighted by Crippen LogP contribution is -2.12. The van der Waals surface area contributed by atoms with Gasteiger partial charge in [-0.15, -0.1) is 11.3 Å². The highest BCUT2D eigenvalue weighted by Gasteiger charge is 2.00. The number of halogens is 1.